The SMILES string of the molecule is COc1ccccc1CCNc1cnc(C(=O)NCCN(C)C)cn1. The van der Waals surface area contributed by atoms with Gasteiger partial charge in [-0.3, -0.25) is 4.79 Å². The number of nitrogens with zero attached hydrogens (tertiary/aromatic N) is 3. The summed E-state index contributed by atoms with van der Waals surface area (Å²) in [6, 6.07) is 7.91. The number of methoxy groups -OCH3 is 1. The fourth-order valence-electron chi connectivity index (χ4n) is 2.25. The summed E-state index contributed by atoms with van der Waals surface area (Å²) in [6.07, 6.45) is 3.86. The highest BCUT2D eigenvalue weighted by Gasteiger charge is 2.07. The van der Waals surface area contributed by atoms with E-state index in [4.69, 9.17) is 4.74 Å². The van der Waals surface area contributed by atoms with E-state index in [-0.39, 0.29) is 5.91 Å². The van der Waals surface area contributed by atoms with Crippen LogP contribution in [0.5, 0.6) is 5.75 Å². The van der Waals surface area contributed by atoms with Crippen molar-refractivity contribution in [3.8, 4) is 5.75 Å². The molecule has 2 rings (SSSR count). The van der Waals surface area contributed by atoms with Crippen LogP contribution in [0.4, 0.5) is 5.82 Å². The summed E-state index contributed by atoms with van der Waals surface area (Å²) >= 11 is 0. The number of aromatic nitrogens is 2. The molecule has 1 aromatic heterocycles. The molecular formula is C18H25N5O2. The number of hydrogen-bond acceptors (Lipinski definition) is 6. The second-order valence-electron chi connectivity index (χ2n) is 5.83. The molecule has 7 nitrogen and oxygen atoms in total. The second kappa shape index (κ2) is 9.58. The maximum Gasteiger partial charge on any atom is 0.271 e. The van der Waals surface area contributed by atoms with Gasteiger partial charge in [0.05, 0.1) is 19.5 Å². The van der Waals surface area contributed by atoms with E-state index in [9.17, 15) is 4.79 Å². The molecule has 0 aliphatic carbocycles. The lowest BCUT2D eigenvalue weighted by atomic mass is 10.1. The molecule has 0 saturated heterocycles. The number of anilines is 1. The number of carbonyl (C=O) groups is 1. The zero-order chi connectivity index (χ0) is 18.1. The van der Waals surface area contributed by atoms with Crippen molar-refractivity contribution in [2.45, 2.75) is 6.42 Å². The van der Waals surface area contributed by atoms with E-state index in [0.29, 0.717) is 24.6 Å². The molecule has 0 aliphatic rings. The smallest absolute Gasteiger partial charge is 0.271 e. The zero-order valence-corrected chi connectivity index (χ0v) is 15.0. The van der Waals surface area contributed by atoms with Crippen LogP contribution in [0.2, 0.25) is 0 Å². The van der Waals surface area contributed by atoms with Gasteiger partial charge in [0, 0.05) is 19.6 Å². The molecule has 0 unspecified atom stereocenters. The Bertz CT molecular complexity index is 673. The highest BCUT2D eigenvalue weighted by atomic mass is 16.5. The first-order chi connectivity index (χ1) is 12.1. The number of rotatable bonds is 9. The minimum absolute atomic E-state index is 0.213. The topological polar surface area (TPSA) is 79.4 Å². The lowest BCUT2D eigenvalue weighted by molar-refractivity contribution is 0.0945. The summed E-state index contributed by atoms with van der Waals surface area (Å²) in [6.45, 7) is 2.05. The minimum atomic E-state index is -0.213. The van der Waals surface area contributed by atoms with Gasteiger partial charge in [0.2, 0.25) is 0 Å². The van der Waals surface area contributed by atoms with Gasteiger partial charge in [-0.1, -0.05) is 18.2 Å². The Kier molecular flexibility index (Phi) is 7.16. The minimum Gasteiger partial charge on any atom is -0.496 e. The number of carbonyl (C=O) groups excluding carboxylic acids is 1. The van der Waals surface area contributed by atoms with Crippen molar-refractivity contribution in [1.29, 1.82) is 0 Å². The van der Waals surface area contributed by atoms with Crippen LogP contribution in [0.25, 0.3) is 0 Å². The van der Waals surface area contributed by atoms with Crippen LogP contribution in [0.15, 0.2) is 36.7 Å². The van der Waals surface area contributed by atoms with Gasteiger partial charge in [0.1, 0.15) is 17.3 Å². The van der Waals surface area contributed by atoms with E-state index >= 15 is 0 Å². The lowest BCUT2D eigenvalue weighted by Crippen LogP contribution is -2.31. The first-order valence-electron chi connectivity index (χ1n) is 8.21. The predicted octanol–water partition coefficient (Wildman–Crippen LogP) is 1.43. The van der Waals surface area contributed by atoms with Crippen molar-refractivity contribution in [3.63, 3.8) is 0 Å². The van der Waals surface area contributed by atoms with Gasteiger partial charge in [-0.05, 0) is 32.1 Å². The van der Waals surface area contributed by atoms with Gasteiger partial charge in [-0.15, -0.1) is 0 Å². The van der Waals surface area contributed by atoms with Gasteiger partial charge in [-0.25, -0.2) is 9.97 Å². The largest absolute Gasteiger partial charge is 0.496 e. The molecule has 2 N–H and O–H groups in total. The maximum absolute atomic E-state index is 11.9. The van der Waals surface area contributed by atoms with Crippen molar-refractivity contribution in [2.75, 3.05) is 46.2 Å². The summed E-state index contributed by atoms with van der Waals surface area (Å²) in [7, 11) is 5.58. The molecule has 1 heterocycles. The number of para-hydroxylation sites is 1. The first-order valence-corrected chi connectivity index (χ1v) is 8.21. The molecule has 0 radical (unpaired) electrons. The predicted molar refractivity (Wildman–Crippen MR) is 98.1 cm³/mol. The molecule has 0 atom stereocenters. The number of hydrogen-bond donors (Lipinski definition) is 2. The average molecular weight is 343 g/mol. The van der Waals surface area contributed by atoms with E-state index in [2.05, 4.69) is 20.6 Å². The number of nitrogens with one attached hydrogen (secondary N) is 2. The molecule has 7 heteroatoms. The van der Waals surface area contributed by atoms with Crippen LogP contribution in [-0.2, 0) is 6.42 Å². The number of likely N-dealkylation sites (N-methyl/N-ethyl adjacent to an activating group) is 1. The second-order valence-corrected chi connectivity index (χ2v) is 5.83. The van der Waals surface area contributed by atoms with Gasteiger partial charge < -0.3 is 20.3 Å². The molecule has 134 valence electrons. The molecule has 2 aromatic rings. The van der Waals surface area contributed by atoms with E-state index in [1.165, 1.54) is 6.20 Å². The van der Waals surface area contributed by atoms with E-state index in [1.807, 2.05) is 43.3 Å². The van der Waals surface area contributed by atoms with Crippen LogP contribution >= 0.6 is 0 Å². The fraction of sp³-hybridized carbons (Fsp3) is 0.389. The van der Waals surface area contributed by atoms with Crippen molar-refractivity contribution in [1.82, 2.24) is 20.2 Å². The molecule has 0 aliphatic heterocycles. The Morgan fingerprint density at radius 3 is 2.64 bits per heavy atom. The molecule has 25 heavy (non-hydrogen) atoms. The molecule has 1 amide bonds. The third-order valence-corrected chi connectivity index (χ3v) is 3.62. The highest BCUT2D eigenvalue weighted by molar-refractivity contribution is 5.91. The van der Waals surface area contributed by atoms with Crippen molar-refractivity contribution >= 4 is 11.7 Å². The van der Waals surface area contributed by atoms with E-state index < -0.39 is 0 Å². The Labute approximate surface area is 148 Å². The highest BCUT2D eigenvalue weighted by Crippen LogP contribution is 2.17. The molecular weight excluding hydrogens is 318 g/mol. The third-order valence-electron chi connectivity index (χ3n) is 3.62. The van der Waals surface area contributed by atoms with Crippen LogP contribution in [0, 0.1) is 0 Å². The van der Waals surface area contributed by atoms with Gasteiger partial charge in [0.15, 0.2) is 0 Å². The maximum atomic E-state index is 11.9. The van der Waals surface area contributed by atoms with E-state index in [1.54, 1.807) is 13.3 Å². The fourth-order valence-corrected chi connectivity index (χ4v) is 2.25. The Morgan fingerprint density at radius 2 is 1.96 bits per heavy atom. The van der Waals surface area contributed by atoms with E-state index in [0.717, 1.165) is 24.3 Å². The van der Waals surface area contributed by atoms with Crippen molar-refractivity contribution in [3.05, 3.63) is 47.9 Å². The summed E-state index contributed by atoms with van der Waals surface area (Å²) < 4.78 is 5.33. The number of amides is 1. The summed E-state index contributed by atoms with van der Waals surface area (Å²) in [5, 5.41) is 6.01. The lowest BCUT2D eigenvalue weighted by Gasteiger charge is -2.10. The van der Waals surface area contributed by atoms with Crippen molar-refractivity contribution in [2.24, 2.45) is 0 Å². The number of ether oxygens (including phenoxy) is 1. The van der Waals surface area contributed by atoms with Gasteiger partial charge >= 0.3 is 0 Å². The Hall–Kier alpha value is -2.67. The van der Waals surface area contributed by atoms with Gasteiger partial charge in [-0.2, -0.15) is 0 Å². The molecule has 0 saturated carbocycles. The van der Waals surface area contributed by atoms with Crippen LogP contribution in [0.1, 0.15) is 16.1 Å². The Morgan fingerprint density at radius 1 is 1.16 bits per heavy atom. The molecule has 0 fully saturated rings. The summed E-state index contributed by atoms with van der Waals surface area (Å²) in [5.74, 6) is 1.30. The summed E-state index contributed by atoms with van der Waals surface area (Å²) in [4.78, 5) is 22.3. The Balaban J connectivity index is 1.81. The standard InChI is InChI=1S/C18H25N5O2/c1-23(2)11-10-20-18(24)15-12-22-17(13-21-15)19-9-8-14-6-4-5-7-16(14)25-3/h4-7,12-13H,8-11H2,1-3H3,(H,19,22)(H,20,24). The average Bonchev–Trinajstić information content (AvgIpc) is 2.62. The summed E-state index contributed by atoms with van der Waals surface area (Å²) in [5.41, 5.74) is 1.44. The van der Waals surface area contributed by atoms with Crippen molar-refractivity contribution < 1.29 is 9.53 Å². The quantitative estimate of drug-likeness (QED) is 0.717. The zero-order valence-electron chi connectivity index (χ0n) is 15.0. The van der Waals surface area contributed by atoms with Gasteiger partial charge in [0.25, 0.3) is 5.91 Å². The monoisotopic (exact) mass is 343 g/mol. The normalized spacial score (nSPS) is 10.6. The van der Waals surface area contributed by atoms with Crippen LogP contribution in [0.3, 0.4) is 0 Å². The third kappa shape index (κ3) is 6.04. The number of benzene rings is 1. The molecule has 1 aromatic carbocycles. The molecule has 0 bridgehead atoms. The first kappa shape index (κ1) is 18.7. The van der Waals surface area contributed by atoms with Crippen LogP contribution < -0.4 is 15.4 Å². The molecule has 0 spiro atoms. The van der Waals surface area contributed by atoms with Crippen LogP contribution in [-0.4, -0.2) is 61.6 Å².